The minimum absolute atomic E-state index is 0.0246. The largest absolute Gasteiger partial charge is 0.395 e. The van der Waals surface area contributed by atoms with E-state index in [9.17, 15) is 9.90 Å². The first-order valence-corrected chi connectivity index (χ1v) is 7.93. The minimum Gasteiger partial charge on any atom is -0.395 e. The molecule has 0 radical (unpaired) electrons. The molecule has 1 fully saturated rings. The van der Waals surface area contributed by atoms with E-state index in [1.807, 2.05) is 30.0 Å². The fourth-order valence-electron chi connectivity index (χ4n) is 3.15. The van der Waals surface area contributed by atoms with Gasteiger partial charge in [0.2, 0.25) is 0 Å². The van der Waals surface area contributed by atoms with E-state index in [-0.39, 0.29) is 18.6 Å². The molecule has 116 valence electrons. The number of aliphatic hydroxyl groups is 1. The van der Waals surface area contributed by atoms with Crippen molar-refractivity contribution in [2.45, 2.75) is 45.6 Å². The predicted octanol–water partition coefficient (Wildman–Crippen LogP) is 2.80. The topological polar surface area (TPSA) is 52.6 Å². The number of carbonyl (C=O) groups is 1. The Bertz CT molecular complexity index is 482. The van der Waals surface area contributed by atoms with Crippen LogP contribution in [0, 0.1) is 6.92 Å². The summed E-state index contributed by atoms with van der Waals surface area (Å²) in [6, 6.07) is 6.16. The molecule has 2 N–H and O–H groups in total. The van der Waals surface area contributed by atoms with Crippen molar-refractivity contribution in [1.29, 1.82) is 0 Å². The van der Waals surface area contributed by atoms with Crippen molar-refractivity contribution in [3.05, 3.63) is 29.3 Å². The maximum absolute atomic E-state index is 12.8. The van der Waals surface area contributed by atoms with Crippen LogP contribution in [0.4, 0.5) is 5.69 Å². The lowest BCUT2D eigenvalue weighted by molar-refractivity contribution is 0.0637. The fourth-order valence-corrected chi connectivity index (χ4v) is 3.15. The first-order chi connectivity index (χ1) is 10.2. The molecule has 21 heavy (non-hydrogen) atoms. The van der Waals surface area contributed by atoms with Crippen molar-refractivity contribution in [3.63, 3.8) is 0 Å². The van der Waals surface area contributed by atoms with Crippen LogP contribution in [-0.2, 0) is 0 Å². The summed E-state index contributed by atoms with van der Waals surface area (Å²) in [7, 11) is 0. The van der Waals surface area contributed by atoms with Crippen LogP contribution in [0.5, 0.6) is 0 Å². The van der Waals surface area contributed by atoms with Crippen LogP contribution >= 0.6 is 0 Å². The molecule has 0 bridgehead atoms. The van der Waals surface area contributed by atoms with Gasteiger partial charge in [-0.25, -0.2) is 0 Å². The van der Waals surface area contributed by atoms with Gasteiger partial charge in [0.1, 0.15) is 0 Å². The third-order valence-electron chi connectivity index (χ3n) is 4.20. The number of rotatable bonds is 6. The predicted molar refractivity (Wildman–Crippen MR) is 85.7 cm³/mol. The first-order valence-electron chi connectivity index (χ1n) is 7.93. The Morgan fingerprint density at radius 1 is 1.38 bits per heavy atom. The van der Waals surface area contributed by atoms with E-state index in [4.69, 9.17) is 0 Å². The lowest BCUT2D eigenvalue weighted by Crippen LogP contribution is -2.41. The number of anilines is 1. The Morgan fingerprint density at radius 2 is 2.10 bits per heavy atom. The molecule has 0 unspecified atom stereocenters. The number of nitrogens with zero attached hydrogens (tertiary/aromatic N) is 1. The summed E-state index contributed by atoms with van der Waals surface area (Å²) >= 11 is 0. The zero-order valence-electron chi connectivity index (χ0n) is 13.1. The number of aryl methyl sites for hydroxylation is 1. The lowest BCUT2D eigenvalue weighted by Gasteiger charge is -2.29. The zero-order chi connectivity index (χ0) is 15.2. The molecule has 2 rings (SSSR count). The van der Waals surface area contributed by atoms with Gasteiger partial charge in [0, 0.05) is 30.4 Å². The van der Waals surface area contributed by atoms with Gasteiger partial charge >= 0.3 is 0 Å². The average molecular weight is 290 g/mol. The highest BCUT2D eigenvalue weighted by atomic mass is 16.3. The highest BCUT2D eigenvalue weighted by Gasteiger charge is 2.27. The molecule has 0 aromatic heterocycles. The van der Waals surface area contributed by atoms with Crippen molar-refractivity contribution >= 4 is 11.6 Å². The molecule has 1 aliphatic carbocycles. The van der Waals surface area contributed by atoms with Crippen molar-refractivity contribution in [2.75, 3.05) is 25.0 Å². The summed E-state index contributed by atoms with van der Waals surface area (Å²) in [6.45, 7) is 5.34. The van der Waals surface area contributed by atoms with Crippen LogP contribution < -0.4 is 5.32 Å². The highest BCUT2D eigenvalue weighted by molar-refractivity contribution is 5.96. The van der Waals surface area contributed by atoms with Gasteiger partial charge in [0.15, 0.2) is 0 Å². The van der Waals surface area contributed by atoms with Crippen LogP contribution in [0.1, 0.15) is 48.5 Å². The van der Waals surface area contributed by atoms with E-state index in [0.717, 1.165) is 36.2 Å². The van der Waals surface area contributed by atoms with Crippen molar-refractivity contribution in [3.8, 4) is 0 Å². The monoisotopic (exact) mass is 290 g/mol. The average Bonchev–Trinajstić information content (AvgIpc) is 2.98. The summed E-state index contributed by atoms with van der Waals surface area (Å²) in [4.78, 5) is 14.7. The van der Waals surface area contributed by atoms with Crippen LogP contribution in [0.2, 0.25) is 0 Å². The number of nitrogens with one attached hydrogen (secondary N) is 1. The van der Waals surface area contributed by atoms with Gasteiger partial charge in [-0.05, 0) is 50.5 Å². The normalized spacial score (nSPS) is 15.2. The van der Waals surface area contributed by atoms with Crippen molar-refractivity contribution in [2.24, 2.45) is 0 Å². The van der Waals surface area contributed by atoms with Crippen molar-refractivity contribution in [1.82, 2.24) is 4.90 Å². The van der Waals surface area contributed by atoms with Crippen LogP contribution in [-0.4, -0.2) is 41.7 Å². The maximum atomic E-state index is 12.8. The summed E-state index contributed by atoms with van der Waals surface area (Å²) in [5, 5.41) is 12.5. The van der Waals surface area contributed by atoms with E-state index in [0.29, 0.717) is 6.54 Å². The van der Waals surface area contributed by atoms with E-state index in [2.05, 4.69) is 12.2 Å². The Hall–Kier alpha value is -1.55. The number of amides is 1. The van der Waals surface area contributed by atoms with E-state index < -0.39 is 0 Å². The molecule has 0 spiro atoms. The molecule has 4 nitrogen and oxygen atoms in total. The first kappa shape index (κ1) is 15.8. The standard InChI is InChI=1S/C17H26N2O2/c1-3-18-14-8-9-16(13(2)12-14)17(21)19(10-11-20)15-6-4-5-7-15/h8-9,12,15,18,20H,3-7,10-11H2,1-2H3. The van der Waals surface area contributed by atoms with E-state index in [1.165, 1.54) is 12.8 Å². The van der Waals surface area contributed by atoms with Crippen LogP contribution in [0.15, 0.2) is 18.2 Å². The minimum atomic E-state index is 0.0246. The van der Waals surface area contributed by atoms with Gasteiger partial charge in [-0.15, -0.1) is 0 Å². The number of hydrogen-bond donors (Lipinski definition) is 2. The van der Waals surface area contributed by atoms with Gasteiger partial charge < -0.3 is 15.3 Å². The van der Waals surface area contributed by atoms with E-state index >= 15 is 0 Å². The summed E-state index contributed by atoms with van der Waals surface area (Å²) < 4.78 is 0. The number of aliphatic hydroxyl groups excluding tert-OH is 1. The Balaban J connectivity index is 2.19. The zero-order valence-corrected chi connectivity index (χ0v) is 13.1. The smallest absolute Gasteiger partial charge is 0.254 e. The quantitative estimate of drug-likeness (QED) is 0.847. The Labute approximate surface area is 127 Å². The molecule has 0 atom stereocenters. The van der Waals surface area contributed by atoms with Gasteiger partial charge in [-0.1, -0.05) is 12.8 Å². The molecule has 1 aliphatic rings. The molecule has 0 saturated heterocycles. The van der Waals surface area contributed by atoms with Crippen molar-refractivity contribution < 1.29 is 9.90 Å². The fraction of sp³-hybridized carbons (Fsp3) is 0.588. The lowest BCUT2D eigenvalue weighted by atomic mass is 10.0. The second-order valence-electron chi connectivity index (χ2n) is 5.72. The number of benzene rings is 1. The Kier molecular flexibility index (Phi) is 5.62. The molecular formula is C17H26N2O2. The van der Waals surface area contributed by atoms with Crippen LogP contribution in [0.3, 0.4) is 0 Å². The molecule has 4 heteroatoms. The SMILES string of the molecule is CCNc1ccc(C(=O)N(CCO)C2CCCC2)c(C)c1. The maximum Gasteiger partial charge on any atom is 0.254 e. The third kappa shape index (κ3) is 3.76. The summed E-state index contributed by atoms with van der Waals surface area (Å²) in [5.74, 6) is 0.0523. The Morgan fingerprint density at radius 3 is 2.67 bits per heavy atom. The molecule has 1 saturated carbocycles. The molecule has 0 heterocycles. The van der Waals surface area contributed by atoms with Gasteiger partial charge in [0.25, 0.3) is 5.91 Å². The number of hydrogen-bond acceptors (Lipinski definition) is 3. The second-order valence-corrected chi connectivity index (χ2v) is 5.72. The summed E-state index contributed by atoms with van der Waals surface area (Å²) in [6.07, 6.45) is 4.47. The number of carbonyl (C=O) groups excluding carboxylic acids is 1. The molecule has 1 aromatic carbocycles. The summed E-state index contributed by atoms with van der Waals surface area (Å²) in [5.41, 5.74) is 2.78. The van der Waals surface area contributed by atoms with Gasteiger partial charge in [-0.2, -0.15) is 0 Å². The second kappa shape index (κ2) is 7.46. The van der Waals surface area contributed by atoms with E-state index in [1.54, 1.807) is 0 Å². The molecule has 1 aromatic rings. The van der Waals surface area contributed by atoms with Gasteiger partial charge in [0.05, 0.1) is 6.61 Å². The third-order valence-corrected chi connectivity index (χ3v) is 4.20. The highest BCUT2D eigenvalue weighted by Crippen LogP contribution is 2.26. The molecule has 1 amide bonds. The molecular weight excluding hydrogens is 264 g/mol. The van der Waals surface area contributed by atoms with Crippen LogP contribution in [0.25, 0.3) is 0 Å². The van der Waals surface area contributed by atoms with Gasteiger partial charge in [-0.3, -0.25) is 4.79 Å². The molecule has 0 aliphatic heterocycles.